The summed E-state index contributed by atoms with van der Waals surface area (Å²) in [5.41, 5.74) is 2.65. The third-order valence-electron chi connectivity index (χ3n) is 3.57. The molecule has 0 bridgehead atoms. The second-order valence-electron chi connectivity index (χ2n) is 5.49. The molecule has 0 atom stereocenters. The largest absolute Gasteiger partial charge is 0.357 e. The predicted molar refractivity (Wildman–Crippen MR) is 101 cm³/mol. The molecule has 2 amide bonds. The van der Waals surface area contributed by atoms with Crippen molar-refractivity contribution in [3.63, 3.8) is 0 Å². The smallest absolute Gasteiger partial charge is 0.325 e. The molecule has 0 saturated carbocycles. The molecule has 3 aromatic rings. The molecule has 26 heavy (non-hydrogen) atoms. The Hall–Kier alpha value is -3.07. The number of nitrogens with one attached hydrogen (secondary N) is 3. The van der Waals surface area contributed by atoms with Crippen molar-refractivity contribution >= 4 is 34.1 Å². The number of rotatable bonds is 4. The Labute approximate surface area is 153 Å². The van der Waals surface area contributed by atoms with Crippen LogP contribution in [-0.4, -0.2) is 28.0 Å². The fourth-order valence-electron chi connectivity index (χ4n) is 2.31. The number of amides is 2. The standard InChI is InChI=1S/C17H17FN6OS/c1-9-8-11(18)4-5-12(9)23-16(25)24-17-21-10(2)14(26-17)13-6-7-20-15(19-3)22-13/h4-8H,1-3H3,(H,19,20,22)(H2,21,23,24,25). The Bertz CT molecular complexity index is 958. The van der Waals surface area contributed by atoms with E-state index in [9.17, 15) is 9.18 Å². The van der Waals surface area contributed by atoms with Gasteiger partial charge in [-0.1, -0.05) is 11.3 Å². The predicted octanol–water partition coefficient (Wildman–Crippen LogP) is 4.04. The number of hydrogen-bond acceptors (Lipinski definition) is 6. The van der Waals surface area contributed by atoms with Crippen molar-refractivity contribution in [2.45, 2.75) is 13.8 Å². The minimum absolute atomic E-state index is 0.348. The van der Waals surface area contributed by atoms with Gasteiger partial charge in [-0.2, -0.15) is 0 Å². The number of halogens is 1. The highest BCUT2D eigenvalue weighted by molar-refractivity contribution is 7.19. The molecule has 2 heterocycles. The average molecular weight is 372 g/mol. The van der Waals surface area contributed by atoms with Crippen molar-refractivity contribution in [2.75, 3.05) is 23.0 Å². The van der Waals surface area contributed by atoms with Gasteiger partial charge in [0.1, 0.15) is 5.82 Å². The van der Waals surface area contributed by atoms with Crippen LogP contribution in [0.1, 0.15) is 11.3 Å². The number of urea groups is 1. The van der Waals surface area contributed by atoms with Crippen molar-refractivity contribution in [2.24, 2.45) is 0 Å². The van der Waals surface area contributed by atoms with E-state index in [-0.39, 0.29) is 5.82 Å². The summed E-state index contributed by atoms with van der Waals surface area (Å²) in [6.45, 7) is 3.57. The molecule has 2 aromatic heterocycles. The maximum Gasteiger partial charge on any atom is 0.325 e. The van der Waals surface area contributed by atoms with E-state index in [1.54, 1.807) is 26.2 Å². The minimum atomic E-state index is -0.446. The van der Waals surface area contributed by atoms with Crippen LogP contribution in [0.4, 0.5) is 26.0 Å². The first-order valence-corrected chi connectivity index (χ1v) is 8.60. The highest BCUT2D eigenvalue weighted by Crippen LogP contribution is 2.31. The Kier molecular flexibility index (Phi) is 5.08. The van der Waals surface area contributed by atoms with Crippen LogP contribution in [0.5, 0.6) is 0 Å². The number of thiazole rings is 1. The summed E-state index contributed by atoms with van der Waals surface area (Å²) >= 11 is 1.32. The zero-order valence-electron chi connectivity index (χ0n) is 14.4. The molecule has 0 radical (unpaired) electrons. The molecule has 0 aliphatic rings. The Morgan fingerprint density at radius 1 is 1.15 bits per heavy atom. The molecule has 0 unspecified atom stereocenters. The van der Waals surface area contributed by atoms with E-state index >= 15 is 0 Å². The fourth-order valence-corrected chi connectivity index (χ4v) is 3.24. The van der Waals surface area contributed by atoms with Gasteiger partial charge < -0.3 is 10.6 Å². The lowest BCUT2D eigenvalue weighted by atomic mass is 10.2. The highest BCUT2D eigenvalue weighted by atomic mass is 32.1. The van der Waals surface area contributed by atoms with Crippen molar-refractivity contribution in [1.82, 2.24) is 15.0 Å². The number of nitrogens with zero attached hydrogens (tertiary/aromatic N) is 3. The first-order valence-electron chi connectivity index (χ1n) is 7.79. The summed E-state index contributed by atoms with van der Waals surface area (Å²) in [5, 5.41) is 8.71. The third kappa shape index (κ3) is 3.94. The maximum absolute atomic E-state index is 13.1. The normalized spacial score (nSPS) is 10.5. The molecule has 0 fully saturated rings. The summed E-state index contributed by atoms with van der Waals surface area (Å²) in [5.74, 6) is 0.161. The van der Waals surface area contributed by atoms with Crippen LogP contribution < -0.4 is 16.0 Å². The number of carbonyl (C=O) groups is 1. The van der Waals surface area contributed by atoms with Gasteiger partial charge in [-0.3, -0.25) is 5.32 Å². The monoisotopic (exact) mass is 372 g/mol. The summed E-state index contributed by atoms with van der Waals surface area (Å²) in [6.07, 6.45) is 1.66. The second kappa shape index (κ2) is 7.44. The van der Waals surface area contributed by atoms with Crippen LogP contribution in [0.3, 0.4) is 0 Å². The van der Waals surface area contributed by atoms with Crippen LogP contribution in [0.15, 0.2) is 30.5 Å². The van der Waals surface area contributed by atoms with Gasteiger partial charge in [0.15, 0.2) is 5.13 Å². The van der Waals surface area contributed by atoms with E-state index in [0.717, 1.165) is 16.3 Å². The number of benzene rings is 1. The molecule has 0 aliphatic heterocycles. The quantitative estimate of drug-likeness (QED) is 0.643. The third-order valence-corrected chi connectivity index (χ3v) is 4.66. The van der Waals surface area contributed by atoms with E-state index in [1.165, 1.54) is 29.5 Å². The van der Waals surface area contributed by atoms with Crippen molar-refractivity contribution in [3.05, 3.63) is 47.5 Å². The van der Waals surface area contributed by atoms with Gasteiger partial charge in [0, 0.05) is 18.9 Å². The molecule has 134 valence electrons. The van der Waals surface area contributed by atoms with Crippen molar-refractivity contribution in [1.29, 1.82) is 0 Å². The van der Waals surface area contributed by atoms with Gasteiger partial charge in [0.05, 0.1) is 16.3 Å². The molecule has 0 aliphatic carbocycles. The van der Waals surface area contributed by atoms with E-state index in [1.807, 2.05) is 6.92 Å². The van der Waals surface area contributed by atoms with Crippen LogP contribution in [0, 0.1) is 19.7 Å². The first kappa shape index (κ1) is 17.7. The van der Waals surface area contributed by atoms with E-state index in [4.69, 9.17) is 0 Å². The van der Waals surface area contributed by atoms with Gasteiger partial charge in [0.25, 0.3) is 0 Å². The summed E-state index contributed by atoms with van der Waals surface area (Å²) < 4.78 is 13.1. The van der Waals surface area contributed by atoms with Gasteiger partial charge in [-0.15, -0.1) is 0 Å². The number of aryl methyl sites for hydroxylation is 2. The molecule has 3 rings (SSSR count). The van der Waals surface area contributed by atoms with Crippen LogP contribution in [0.25, 0.3) is 10.6 Å². The average Bonchev–Trinajstić information content (AvgIpc) is 2.97. The SMILES string of the molecule is CNc1nccc(-c2sc(NC(=O)Nc3ccc(F)cc3C)nc2C)n1. The molecule has 1 aromatic carbocycles. The molecule has 3 N–H and O–H groups in total. The Morgan fingerprint density at radius 3 is 2.69 bits per heavy atom. The van der Waals surface area contributed by atoms with Crippen molar-refractivity contribution in [3.8, 4) is 10.6 Å². The highest BCUT2D eigenvalue weighted by Gasteiger charge is 2.14. The first-order chi connectivity index (χ1) is 12.5. The molecule has 0 saturated heterocycles. The number of aromatic nitrogens is 3. The van der Waals surface area contributed by atoms with Crippen LogP contribution >= 0.6 is 11.3 Å². The lowest BCUT2D eigenvalue weighted by Gasteiger charge is -2.08. The minimum Gasteiger partial charge on any atom is -0.357 e. The summed E-state index contributed by atoms with van der Waals surface area (Å²) in [7, 11) is 1.74. The van der Waals surface area contributed by atoms with Gasteiger partial charge in [-0.25, -0.2) is 24.1 Å². The topological polar surface area (TPSA) is 91.8 Å². The molecular formula is C17H17FN6OS. The lowest BCUT2D eigenvalue weighted by molar-refractivity contribution is 0.262. The van der Waals surface area contributed by atoms with E-state index in [0.29, 0.717) is 22.3 Å². The zero-order valence-corrected chi connectivity index (χ0v) is 15.2. The fraction of sp³-hybridized carbons (Fsp3) is 0.176. The molecule has 9 heteroatoms. The van der Waals surface area contributed by atoms with Crippen molar-refractivity contribution < 1.29 is 9.18 Å². The van der Waals surface area contributed by atoms with Crippen LogP contribution in [0.2, 0.25) is 0 Å². The van der Waals surface area contributed by atoms with Crippen LogP contribution in [-0.2, 0) is 0 Å². The number of anilines is 3. The van der Waals surface area contributed by atoms with Gasteiger partial charge in [-0.05, 0) is 43.7 Å². The lowest BCUT2D eigenvalue weighted by Crippen LogP contribution is -2.19. The molecular weight excluding hydrogens is 355 g/mol. The number of hydrogen-bond donors (Lipinski definition) is 3. The summed E-state index contributed by atoms with van der Waals surface area (Å²) in [6, 6.07) is 5.51. The zero-order chi connectivity index (χ0) is 18.7. The van der Waals surface area contributed by atoms with E-state index in [2.05, 4.69) is 30.9 Å². The van der Waals surface area contributed by atoms with E-state index < -0.39 is 6.03 Å². The molecule has 7 nitrogen and oxygen atoms in total. The molecule has 0 spiro atoms. The Balaban J connectivity index is 1.75. The summed E-state index contributed by atoms with van der Waals surface area (Å²) in [4.78, 5) is 25.9. The Morgan fingerprint density at radius 2 is 1.96 bits per heavy atom. The maximum atomic E-state index is 13.1. The van der Waals surface area contributed by atoms with Gasteiger partial charge >= 0.3 is 6.03 Å². The second-order valence-corrected chi connectivity index (χ2v) is 6.49. The number of carbonyl (C=O) groups excluding carboxylic acids is 1. The van der Waals surface area contributed by atoms with Gasteiger partial charge in [0.2, 0.25) is 5.95 Å².